The molecule has 0 aliphatic heterocycles. The van der Waals surface area contributed by atoms with Crippen molar-refractivity contribution in [3.8, 4) is 0 Å². The van der Waals surface area contributed by atoms with Crippen molar-refractivity contribution < 1.29 is 0 Å². The van der Waals surface area contributed by atoms with Gasteiger partial charge in [0, 0.05) is 18.7 Å². The molecule has 6 heteroatoms. The van der Waals surface area contributed by atoms with Crippen LogP contribution in [-0.4, -0.2) is 37.6 Å². The lowest BCUT2D eigenvalue weighted by Gasteiger charge is -2.17. The van der Waals surface area contributed by atoms with Crippen LogP contribution in [0.2, 0.25) is 0 Å². The van der Waals surface area contributed by atoms with Crippen LogP contribution >= 0.6 is 0 Å². The van der Waals surface area contributed by atoms with Crippen molar-refractivity contribution in [3.05, 3.63) is 18.1 Å². The zero-order chi connectivity index (χ0) is 12.8. The van der Waals surface area contributed by atoms with Crippen LogP contribution in [0.1, 0.15) is 38.8 Å². The molecule has 1 atom stereocenters. The van der Waals surface area contributed by atoms with Crippen LogP contribution in [0.5, 0.6) is 0 Å². The van der Waals surface area contributed by atoms with Crippen molar-refractivity contribution >= 4 is 5.65 Å². The highest BCUT2D eigenvalue weighted by atomic mass is 15.5. The fourth-order valence-corrected chi connectivity index (χ4v) is 2.09. The van der Waals surface area contributed by atoms with Crippen molar-refractivity contribution in [1.29, 1.82) is 0 Å². The summed E-state index contributed by atoms with van der Waals surface area (Å²) in [5.74, 6) is 0. The summed E-state index contributed by atoms with van der Waals surface area (Å²) < 4.78 is 1.77. The number of hydrogen-bond donors (Lipinski definition) is 1. The van der Waals surface area contributed by atoms with Gasteiger partial charge in [-0.05, 0) is 29.8 Å². The highest BCUT2D eigenvalue weighted by molar-refractivity contribution is 5.32. The van der Waals surface area contributed by atoms with Crippen molar-refractivity contribution in [3.63, 3.8) is 0 Å². The van der Waals surface area contributed by atoms with E-state index in [0.717, 1.165) is 31.5 Å². The monoisotopic (exact) mass is 248 g/mol. The average Bonchev–Trinajstić information content (AvgIpc) is 2.85. The van der Waals surface area contributed by atoms with Gasteiger partial charge in [0.05, 0.1) is 11.9 Å². The Morgan fingerprint density at radius 2 is 2.17 bits per heavy atom. The maximum absolute atomic E-state index is 4.19. The van der Waals surface area contributed by atoms with Crippen LogP contribution < -0.4 is 5.32 Å². The van der Waals surface area contributed by atoms with E-state index in [1.165, 1.54) is 6.42 Å². The van der Waals surface area contributed by atoms with Gasteiger partial charge >= 0.3 is 0 Å². The molecule has 0 amide bonds. The molecule has 0 aliphatic carbocycles. The number of hydrogen-bond acceptors (Lipinski definition) is 5. The molecule has 2 aromatic heterocycles. The minimum Gasteiger partial charge on any atom is -0.314 e. The van der Waals surface area contributed by atoms with E-state index in [4.69, 9.17) is 0 Å². The Bertz CT molecular complexity index is 480. The predicted octanol–water partition coefficient (Wildman–Crippen LogP) is 1.23. The van der Waals surface area contributed by atoms with Gasteiger partial charge in [0.15, 0.2) is 5.65 Å². The van der Waals surface area contributed by atoms with E-state index in [9.17, 15) is 0 Å². The smallest absolute Gasteiger partial charge is 0.197 e. The number of fused-ring (bicyclic) bond motifs is 1. The molecule has 1 unspecified atom stereocenters. The van der Waals surface area contributed by atoms with Crippen LogP contribution in [0.15, 0.2) is 12.4 Å². The molecule has 0 radical (unpaired) electrons. The van der Waals surface area contributed by atoms with E-state index in [0.29, 0.717) is 11.7 Å². The standard InChI is InChI=1S/C12H20N6/c1-3-5-10(14-6-4-2)7-11-8-13-9-12-15-16-17-18(11)12/h8-10,14H,3-7H2,1-2H3. The van der Waals surface area contributed by atoms with E-state index in [1.54, 1.807) is 10.7 Å². The van der Waals surface area contributed by atoms with E-state index < -0.39 is 0 Å². The topological polar surface area (TPSA) is 68.0 Å². The van der Waals surface area contributed by atoms with Gasteiger partial charge in [-0.25, -0.2) is 0 Å². The molecule has 2 aromatic rings. The van der Waals surface area contributed by atoms with Crippen LogP contribution in [-0.2, 0) is 6.42 Å². The van der Waals surface area contributed by atoms with Crippen molar-refractivity contribution in [2.24, 2.45) is 0 Å². The maximum Gasteiger partial charge on any atom is 0.197 e. The zero-order valence-electron chi connectivity index (χ0n) is 11.0. The average molecular weight is 248 g/mol. The summed E-state index contributed by atoms with van der Waals surface area (Å²) >= 11 is 0. The molecule has 2 rings (SSSR count). The first-order valence-electron chi connectivity index (χ1n) is 6.59. The highest BCUT2D eigenvalue weighted by Crippen LogP contribution is 2.07. The third-order valence-electron chi connectivity index (χ3n) is 2.95. The van der Waals surface area contributed by atoms with Gasteiger partial charge in [-0.2, -0.15) is 4.52 Å². The van der Waals surface area contributed by atoms with Crippen molar-refractivity contribution in [2.75, 3.05) is 6.54 Å². The molecule has 98 valence electrons. The number of aromatic nitrogens is 5. The Balaban J connectivity index is 2.12. The van der Waals surface area contributed by atoms with Gasteiger partial charge in [-0.1, -0.05) is 20.3 Å². The Labute approximate surface area is 107 Å². The van der Waals surface area contributed by atoms with Crippen LogP contribution in [0.25, 0.3) is 5.65 Å². The maximum atomic E-state index is 4.19. The Hall–Kier alpha value is -1.56. The molecule has 0 spiro atoms. The lowest BCUT2D eigenvalue weighted by atomic mass is 10.1. The summed E-state index contributed by atoms with van der Waals surface area (Å²) in [5.41, 5.74) is 1.76. The quantitative estimate of drug-likeness (QED) is 0.798. The lowest BCUT2D eigenvalue weighted by molar-refractivity contribution is 0.464. The second-order valence-electron chi connectivity index (χ2n) is 4.49. The molecular weight excluding hydrogens is 228 g/mol. The molecule has 6 nitrogen and oxygen atoms in total. The number of tetrazole rings is 1. The normalized spacial score (nSPS) is 13.0. The van der Waals surface area contributed by atoms with E-state index >= 15 is 0 Å². The van der Waals surface area contributed by atoms with Gasteiger partial charge in [-0.15, -0.1) is 5.10 Å². The molecular formula is C12H20N6. The van der Waals surface area contributed by atoms with Crippen LogP contribution in [0, 0.1) is 0 Å². The summed E-state index contributed by atoms with van der Waals surface area (Å²) in [6, 6.07) is 0.464. The SMILES string of the molecule is CCCNC(CCC)Cc1cncc2nnnn12. The fourth-order valence-electron chi connectivity index (χ4n) is 2.09. The fraction of sp³-hybridized carbons (Fsp3) is 0.667. The first-order valence-corrected chi connectivity index (χ1v) is 6.59. The first kappa shape index (κ1) is 12.9. The largest absolute Gasteiger partial charge is 0.314 e. The van der Waals surface area contributed by atoms with Gasteiger partial charge in [0.2, 0.25) is 0 Å². The van der Waals surface area contributed by atoms with Gasteiger partial charge < -0.3 is 5.32 Å². The summed E-state index contributed by atoms with van der Waals surface area (Å²) in [4.78, 5) is 4.19. The summed E-state index contributed by atoms with van der Waals surface area (Å²) in [6.07, 6.45) is 7.90. The highest BCUT2D eigenvalue weighted by Gasteiger charge is 2.11. The van der Waals surface area contributed by atoms with Crippen molar-refractivity contribution in [2.45, 2.75) is 45.6 Å². The second-order valence-corrected chi connectivity index (χ2v) is 4.49. The predicted molar refractivity (Wildman–Crippen MR) is 69.3 cm³/mol. The molecule has 0 aliphatic rings. The lowest BCUT2D eigenvalue weighted by Crippen LogP contribution is -2.32. The zero-order valence-corrected chi connectivity index (χ0v) is 11.0. The van der Waals surface area contributed by atoms with E-state index in [2.05, 4.69) is 39.7 Å². The Kier molecular flexibility index (Phi) is 4.58. The third-order valence-corrected chi connectivity index (χ3v) is 2.95. The minimum atomic E-state index is 0.464. The van der Waals surface area contributed by atoms with Crippen LogP contribution in [0.4, 0.5) is 0 Å². The Morgan fingerprint density at radius 3 is 2.94 bits per heavy atom. The van der Waals surface area contributed by atoms with Gasteiger partial charge in [0.1, 0.15) is 0 Å². The first-order chi connectivity index (χ1) is 8.85. The van der Waals surface area contributed by atoms with E-state index in [1.807, 2.05) is 6.20 Å². The Morgan fingerprint density at radius 1 is 1.28 bits per heavy atom. The number of nitrogens with one attached hydrogen (secondary N) is 1. The molecule has 0 fully saturated rings. The number of rotatable bonds is 7. The number of nitrogens with zero attached hydrogens (tertiary/aromatic N) is 5. The van der Waals surface area contributed by atoms with Gasteiger partial charge in [-0.3, -0.25) is 4.98 Å². The van der Waals surface area contributed by atoms with Crippen LogP contribution in [0.3, 0.4) is 0 Å². The molecule has 18 heavy (non-hydrogen) atoms. The third kappa shape index (κ3) is 3.01. The molecule has 0 saturated carbocycles. The molecule has 1 N–H and O–H groups in total. The van der Waals surface area contributed by atoms with Gasteiger partial charge in [0.25, 0.3) is 0 Å². The summed E-state index contributed by atoms with van der Waals surface area (Å²) in [6.45, 7) is 5.43. The second kappa shape index (κ2) is 6.39. The van der Waals surface area contributed by atoms with Crippen molar-refractivity contribution in [1.82, 2.24) is 30.3 Å². The minimum absolute atomic E-state index is 0.464. The molecule has 2 heterocycles. The summed E-state index contributed by atoms with van der Waals surface area (Å²) in [7, 11) is 0. The summed E-state index contributed by atoms with van der Waals surface area (Å²) in [5, 5.41) is 15.2. The molecule has 0 saturated heterocycles. The van der Waals surface area contributed by atoms with E-state index in [-0.39, 0.29) is 0 Å². The molecule has 0 bridgehead atoms. The molecule has 0 aromatic carbocycles.